The third-order valence-electron chi connectivity index (χ3n) is 3.31. The summed E-state index contributed by atoms with van der Waals surface area (Å²) < 4.78 is 0. The van der Waals surface area contributed by atoms with Crippen molar-refractivity contribution < 1.29 is 0 Å². The molecule has 2 N–H and O–H groups in total. The van der Waals surface area contributed by atoms with Crippen LogP contribution in [-0.2, 0) is 6.42 Å². The molecular weight excluding hydrogens is 260 g/mol. The van der Waals surface area contributed by atoms with Gasteiger partial charge in [0.05, 0.1) is 0 Å². The van der Waals surface area contributed by atoms with Crippen LogP contribution in [0.25, 0.3) is 11.4 Å². The summed E-state index contributed by atoms with van der Waals surface area (Å²) in [7, 11) is 0. The van der Waals surface area contributed by atoms with E-state index in [0.717, 1.165) is 35.9 Å². The number of nitrogens with one attached hydrogen (secondary N) is 2. The monoisotopic (exact) mass is 278 g/mol. The molecule has 0 radical (unpaired) electrons. The normalized spacial score (nSPS) is 10.5. The van der Waals surface area contributed by atoms with Gasteiger partial charge in [-0.1, -0.05) is 48.0 Å². The highest BCUT2D eigenvalue weighted by Crippen LogP contribution is 2.13. The topological polar surface area (TPSA) is 53.6 Å². The van der Waals surface area contributed by atoms with Gasteiger partial charge >= 0.3 is 0 Å². The largest absolute Gasteiger partial charge is 0.385 e. The van der Waals surface area contributed by atoms with Gasteiger partial charge in [0.15, 0.2) is 5.82 Å². The molecule has 0 atom stereocenters. The van der Waals surface area contributed by atoms with Gasteiger partial charge in [-0.25, -0.2) is 4.98 Å². The predicted octanol–water partition coefficient (Wildman–Crippen LogP) is 3.43. The second-order valence-corrected chi connectivity index (χ2v) is 5.01. The molecule has 0 spiro atoms. The Hall–Kier alpha value is -2.62. The van der Waals surface area contributed by atoms with Crippen molar-refractivity contribution in [1.29, 1.82) is 0 Å². The van der Waals surface area contributed by atoms with Gasteiger partial charge in [-0.2, -0.15) is 5.10 Å². The minimum Gasteiger partial charge on any atom is -0.385 e. The van der Waals surface area contributed by atoms with Gasteiger partial charge in [0.25, 0.3) is 0 Å². The predicted molar refractivity (Wildman–Crippen MR) is 85.2 cm³/mol. The molecule has 106 valence electrons. The first-order chi connectivity index (χ1) is 10.3. The fourth-order valence-electron chi connectivity index (χ4n) is 2.12. The Morgan fingerprint density at radius 1 is 1.00 bits per heavy atom. The van der Waals surface area contributed by atoms with Gasteiger partial charge in [0.1, 0.15) is 5.82 Å². The van der Waals surface area contributed by atoms with Crippen molar-refractivity contribution in [2.75, 3.05) is 11.9 Å². The van der Waals surface area contributed by atoms with E-state index in [1.54, 1.807) is 0 Å². The van der Waals surface area contributed by atoms with E-state index in [2.05, 4.69) is 51.7 Å². The van der Waals surface area contributed by atoms with E-state index in [-0.39, 0.29) is 0 Å². The van der Waals surface area contributed by atoms with Gasteiger partial charge in [-0.15, -0.1) is 0 Å². The minimum absolute atomic E-state index is 0.751. The number of nitrogens with zero attached hydrogens (tertiary/aromatic N) is 2. The highest BCUT2D eigenvalue weighted by Gasteiger charge is 2.04. The smallest absolute Gasteiger partial charge is 0.181 e. The summed E-state index contributed by atoms with van der Waals surface area (Å²) in [5.41, 5.74) is 3.43. The van der Waals surface area contributed by atoms with E-state index in [0.29, 0.717) is 0 Å². The highest BCUT2D eigenvalue weighted by molar-refractivity contribution is 5.53. The average Bonchev–Trinajstić information content (AvgIpc) is 2.99. The van der Waals surface area contributed by atoms with Crippen LogP contribution in [0.4, 0.5) is 5.69 Å². The summed E-state index contributed by atoms with van der Waals surface area (Å²) in [5.74, 6) is 1.65. The van der Waals surface area contributed by atoms with Crippen LogP contribution in [-0.4, -0.2) is 21.7 Å². The van der Waals surface area contributed by atoms with Crippen molar-refractivity contribution in [1.82, 2.24) is 15.2 Å². The number of rotatable bonds is 5. The van der Waals surface area contributed by atoms with Crippen LogP contribution < -0.4 is 5.32 Å². The molecule has 0 fully saturated rings. The fourth-order valence-corrected chi connectivity index (χ4v) is 2.12. The van der Waals surface area contributed by atoms with Crippen molar-refractivity contribution in [3.05, 3.63) is 66.0 Å². The molecule has 3 aromatic rings. The molecule has 0 bridgehead atoms. The average molecular weight is 278 g/mol. The standard InChI is InChI=1S/C17H18N4/c1-13-7-9-15(10-8-13)18-12-11-16-19-17(21-20-16)14-5-3-2-4-6-14/h2-10,18H,11-12H2,1H3,(H,19,20,21). The van der Waals surface area contributed by atoms with Crippen molar-refractivity contribution >= 4 is 5.69 Å². The number of hydrogen-bond donors (Lipinski definition) is 2. The molecule has 0 aliphatic carbocycles. The molecule has 4 nitrogen and oxygen atoms in total. The van der Waals surface area contributed by atoms with Crippen LogP contribution >= 0.6 is 0 Å². The second-order valence-electron chi connectivity index (χ2n) is 5.01. The van der Waals surface area contributed by atoms with Crippen molar-refractivity contribution in [3.8, 4) is 11.4 Å². The molecular formula is C17H18N4. The molecule has 21 heavy (non-hydrogen) atoms. The van der Waals surface area contributed by atoms with Gasteiger partial charge in [0, 0.05) is 24.2 Å². The summed E-state index contributed by atoms with van der Waals surface area (Å²) in [6, 6.07) is 18.4. The molecule has 0 saturated carbocycles. The molecule has 0 saturated heterocycles. The van der Waals surface area contributed by atoms with Gasteiger partial charge in [-0.3, -0.25) is 5.10 Å². The van der Waals surface area contributed by atoms with E-state index < -0.39 is 0 Å². The summed E-state index contributed by atoms with van der Waals surface area (Å²) >= 11 is 0. The van der Waals surface area contributed by atoms with Crippen LogP contribution in [0.3, 0.4) is 0 Å². The Kier molecular flexibility index (Phi) is 3.96. The SMILES string of the molecule is Cc1ccc(NCCc2nc(-c3ccccc3)n[nH]2)cc1. The Labute approximate surface area is 124 Å². The first-order valence-electron chi connectivity index (χ1n) is 7.08. The number of H-pyrrole nitrogens is 1. The number of aromatic amines is 1. The van der Waals surface area contributed by atoms with Crippen molar-refractivity contribution in [2.45, 2.75) is 13.3 Å². The maximum absolute atomic E-state index is 4.52. The minimum atomic E-state index is 0.751. The Balaban J connectivity index is 1.57. The molecule has 0 aliphatic heterocycles. The van der Waals surface area contributed by atoms with Crippen LogP contribution in [0.15, 0.2) is 54.6 Å². The van der Waals surface area contributed by atoms with E-state index in [1.165, 1.54) is 5.56 Å². The summed E-state index contributed by atoms with van der Waals surface area (Å²) in [5, 5.41) is 10.6. The zero-order valence-corrected chi connectivity index (χ0v) is 12.0. The molecule has 0 amide bonds. The van der Waals surface area contributed by atoms with Crippen molar-refractivity contribution in [2.24, 2.45) is 0 Å². The lowest BCUT2D eigenvalue weighted by Gasteiger charge is -2.04. The third kappa shape index (κ3) is 3.48. The number of aryl methyl sites for hydroxylation is 1. The summed E-state index contributed by atoms with van der Waals surface area (Å²) in [6.07, 6.45) is 0.813. The molecule has 0 aliphatic rings. The molecule has 1 aromatic heterocycles. The van der Waals surface area contributed by atoms with E-state index in [1.807, 2.05) is 30.3 Å². The Morgan fingerprint density at radius 2 is 1.76 bits per heavy atom. The van der Waals surface area contributed by atoms with Crippen LogP contribution in [0.5, 0.6) is 0 Å². The molecule has 3 rings (SSSR count). The second kappa shape index (κ2) is 6.22. The molecule has 2 aromatic carbocycles. The quantitative estimate of drug-likeness (QED) is 0.751. The van der Waals surface area contributed by atoms with Crippen LogP contribution in [0, 0.1) is 6.92 Å². The zero-order chi connectivity index (χ0) is 14.5. The van der Waals surface area contributed by atoms with Gasteiger partial charge in [-0.05, 0) is 19.1 Å². The fraction of sp³-hybridized carbons (Fsp3) is 0.176. The lowest BCUT2D eigenvalue weighted by Crippen LogP contribution is -2.05. The Bertz CT molecular complexity index is 686. The van der Waals surface area contributed by atoms with E-state index >= 15 is 0 Å². The summed E-state index contributed by atoms with van der Waals surface area (Å²) in [6.45, 7) is 2.91. The lowest BCUT2D eigenvalue weighted by molar-refractivity contribution is 0.901. The third-order valence-corrected chi connectivity index (χ3v) is 3.31. The molecule has 4 heteroatoms. The van der Waals surface area contributed by atoms with Gasteiger partial charge < -0.3 is 5.32 Å². The first kappa shape index (κ1) is 13.4. The van der Waals surface area contributed by atoms with E-state index in [4.69, 9.17) is 0 Å². The number of aromatic nitrogens is 3. The maximum atomic E-state index is 4.52. The van der Waals surface area contributed by atoms with Crippen LogP contribution in [0.2, 0.25) is 0 Å². The maximum Gasteiger partial charge on any atom is 0.181 e. The Morgan fingerprint density at radius 3 is 2.52 bits per heavy atom. The summed E-state index contributed by atoms with van der Waals surface area (Å²) in [4.78, 5) is 4.52. The first-order valence-corrected chi connectivity index (χ1v) is 7.08. The zero-order valence-electron chi connectivity index (χ0n) is 12.0. The van der Waals surface area contributed by atoms with Gasteiger partial charge in [0.2, 0.25) is 0 Å². The number of anilines is 1. The highest BCUT2D eigenvalue weighted by atomic mass is 15.2. The van der Waals surface area contributed by atoms with Crippen LogP contribution in [0.1, 0.15) is 11.4 Å². The molecule has 1 heterocycles. The lowest BCUT2D eigenvalue weighted by atomic mass is 10.2. The number of hydrogen-bond acceptors (Lipinski definition) is 3. The van der Waals surface area contributed by atoms with Crippen molar-refractivity contribution in [3.63, 3.8) is 0 Å². The number of benzene rings is 2. The van der Waals surface area contributed by atoms with E-state index in [9.17, 15) is 0 Å². The molecule has 0 unspecified atom stereocenters.